The van der Waals surface area contributed by atoms with Gasteiger partial charge in [-0.05, 0) is 74.3 Å². The van der Waals surface area contributed by atoms with Gasteiger partial charge in [0.25, 0.3) is 5.91 Å². The third-order valence-electron chi connectivity index (χ3n) is 8.69. The molecule has 3 aromatic heterocycles. The van der Waals surface area contributed by atoms with Crippen LogP contribution in [0, 0.1) is 19.8 Å². The number of carbonyl (C=O) groups excluding carboxylic acids is 1. The quantitative estimate of drug-likeness (QED) is 0.249. The number of aromatic nitrogens is 4. The highest BCUT2D eigenvalue weighted by atomic mass is 32.1. The van der Waals surface area contributed by atoms with Crippen molar-refractivity contribution in [3.05, 3.63) is 75.7 Å². The molecule has 41 heavy (non-hydrogen) atoms. The predicted molar refractivity (Wildman–Crippen MR) is 167 cm³/mol. The molecular weight excluding hydrogens is 528 g/mol. The number of fused-ring (bicyclic) bond motifs is 1. The fourth-order valence-corrected chi connectivity index (χ4v) is 7.07. The molecule has 1 fully saturated rings. The molecule has 4 aromatic rings. The molecule has 4 heterocycles. The van der Waals surface area contributed by atoms with Crippen molar-refractivity contribution in [3.63, 3.8) is 0 Å². The SMILES string of the molecule is Cc1csc(NC(=O)c2cccc3c2CN(c2ccc(-c4cnn(CC5CCCCC5)c4C)c(C(C)C)n2)CC3)n1. The topological polar surface area (TPSA) is 75.9 Å². The molecule has 0 unspecified atom stereocenters. The van der Waals surface area contributed by atoms with Crippen LogP contribution in [0.3, 0.4) is 0 Å². The smallest absolute Gasteiger partial charge is 0.257 e. The first-order valence-corrected chi connectivity index (χ1v) is 15.9. The van der Waals surface area contributed by atoms with E-state index < -0.39 is 0 Å². The summed E-state index contributed by atoms with van der Waals surface area (Å²) in [6, 6.07) is 10.4. The molecule has 0 atom stereocenters. The maximum atomic E-state index is 13.3. The number of hydrogen-bond acceptors (Lipinski definition) is 6. The van der Waals surface area contributed by atoms with E-state index in [0.29, 0.717) is 17.2 Å². The van der Waals surface area contributed by atoms with Gasteiger partial charge in [0.1, 0.15) is 5.82 Å². The van der Waals surface area contributed by atoms with Crippen molar-refractivity contribution in [2.24, 2.45) is 5.92 Å². The highest BCUT2D eigenvalue weighted by molar-refractivity contribution is 7.13. The number of nitrogens with zero attached hydrogens (tertiary/aromatic N) is 5. The molecule has 0 spiro atoms. The zero-order valence-electron chi connectivity index (χ0n) is 24.6. The zero-order chi connectivity index (χ0) is 28.5. The van der Waals surface area contributed by atoms with Gasteiger partial charge in [0.05, 0.1) is 17.6 Å². The molecule has 0 radical (unpaired) electrons. The van der Waals surface area contributed by atoms with Crippen LogP contribution >= 0.6 is 11.3 Å². The summed E-state index contributed by atoms with van der Waals surface area (Å²) < 4.78 is 2.21. The largest absolute Gasteiger partial charge is 0.352 e. The van der Waals surface area contributed by atoms with E-state index >= 15 is 0 Å². The van der Waals surface area contributed by atoms with Crippen molar-refractivity contribution in [2.75, 3.05) is 16.8 Å². The summed E-state index contributed by atoms with van der Waals surface area (Å²) in [5, 5.41) is 10.4. The summed E-state index contributed by atoms with van der Waals surface area (Å²) in [6.45, 7) is 11.1. The summed E-state index contributed by atoms with van der Waals surface area (Å²) >= 11 is 1.45. The molecule has 1 aliphatic heterocycles. The van der Waals surface area contributed by atoms with Gasteiger partial charge in [-0.2, -0.15) is 5.10 Å². The van der Waals surface area contributed by atoms with E-state index in [0.717, 1.165) is 48.2 Å². The van der Waals surface area contributed by atoms with Crippen LogP contribution in [-0.2, 0) is 19.5 Å². The summed E-state index contributed by atoms with van der Waals surface area (Å²) in [5.74, 6) is 1.86. The van der Waals surface area contributed by atoms with Crippen LogP contribution in [0.4, 0.5) is 10.9 Å². The van der Waals surface area contributed by atoms with Gasteiger partial charge < -0.3 is 4.90 Å². The number of hydrogen-bond donors (Lipinski definition) is 1. The second kappa shape index (κ2) is 11.8. The van der Waals surface area contributed by atoms with Gasteiger partial charge in [0.2, 0.25) is 0 Å². The maximum Gasteiger partial charge on any atom is 0.257 e. The van der Waals surface area contributed by atoms with Crippen LogP contribution in [0.1, 0.15) is 90.4 Å². The second-order valence-electron chi connectivity index (χ2n) is 11.9. The Labute approximate surface area is 247 Å². The van der Waals surface area contributed by atoms with Crippen LogP contribution in [-0.4, -0.2) is 32.2 Å². The summed E-state index contributed by atoms with van der Waals surface area (Å²) in [4.78, 5) is 25.2. The van der Waals surface area contributed by atoms with Gasteiger partial charge in [0, 0.05) is 47.4 Å². The Hall–Kier alpha value is -3.52. The Bertz CT molecular complexity index is 1550. The van der Waals surface area contributed by atoms with Gasteiger partial charge in [0.15, 0.2) is 5.13 Å². The number of rotatable bonds is 7. The minimum atomic E-state index is -0.107. The Morgan fingerprint density at radius 2 is 1.90 bits per heavy atom. The number of nitrogens with one attached hydrogen (secondary N) is 1. The van der Waals surface area contributed by atoms with Crippen LogP contribution in [0.25, 0.3) is 11.1 Å². The van der Waals surface area contributed by atoms with Crippen molar-refractivity contribution in [3.8, 4) is 11.1 Å². The lowest BCUT2D eigenvalue weighted by molar-refractivity contribution is 0.102. The molecule has 214 valence electrons. The lowest BCUT2D eigenvalue weighted by atomic mass is 9.89. The third-order valence-corrected chi connectivity index (χ3v) is 9.56. The fourth-order valence-electron chi connectivity index (χ4n) is 6.38. The van der Waals surface area contributed by atoms with Crippen LogP contribution in [0.15, 0.2) is 41.9 Å². The van der Waals surface area contributed by atoms with Crippen molar-refractivity contribution in [1.29, 1.82) is 0 Å². The first kappa shape index (κ1) is 27.6. The number of anilines is 2. The van der Waals surface area contributed by atoms with Crippen molar-refractivity contribution in [1.82, 2.24) is 19.7 Å². The van der Waals surface area contributed by atoms with Gasteiger partial charge in [-0.1, -0.05) is 45.2 Å². The summed E-state index contributed by atoms with van der Waals surface area (Å²) in [7, 11) is 0. The monoisotopic (exact) mass is 568 g/mol. The fraction of sp³-hybridized carbons (Fsp3) is 0.455. The molecule has 8 heteroatoms. The van der Waals surface area contributed by atoms with E-state index in [4.69, 9.17) is 10.1 Å². The number of benzene rings is 1. The van der Waals surface area contributed by atoms with Crippen LogP contribution in [0.2, 0.25) is 0 Å². The van der Waals surface area contributed by atoms with E-state index in [2.05, 4.69) is 58.9 Å². The molecule has 1 amide bonds. The van der Waals surface area contributed by atoms with Crippen LogP contribution < -0.4 is 10.2 Å². The molecule has 0 bridgehead atoms. The van der Waals surface area contributed by atoms with Crippen molar-refractivity contribution >= 4 is 28.2 Å². The van der Waals surface area contributed by atoms with Gasteiger partial charge in [-0.25, -0.2) is 9.97 Å². The van der Waals surface area contributed by atoms with Crippen LogP contribution in [0.5, 0.6) is 0 Å². The Morgan fingerprint density at radius 1 is 1.07 bits per heavy atom. The highest BCUT2D eigenvalue weighted by Gasteiger charge is 2.25. The zero-order valence-corrected chi connectivity index (χ0v) is 25.4. The summed E-state index contributed by atoms with van der Waals surface area (Å²) in [5.41, 5.74) is 8.60. The van der Waals surface area contributed by atoms with E-state index in [9.17, 15) is 4.79 Å². The average Bonchev–Trinajstić information content (AvgIpc) is 3.56. The predicted octanol–water partition coefficient (Wildman–Crippen LogP) is 7.54. The lowest BCUT2D eigenvalue weighted by Gasteiger charge is -2.31. The molecule has 1 N–H and O–H groups in total. The molecule has 2 aliphatic rings. The molecule has 0 saturated heterocycles. The van der Waals surface area contributed by atoms with Crippen molar-refractivity contribution < 1.29 is 4.79 Å². The lowest BCUT2D eigenvalue weighted by Crippen LogP contribution is -2.33. The van der Waals surface area contributed by atoms with Gasteiger partial charge in [-0.3, -0.25) is 14.8 Å². The molecular formula is C33H40N6OS. The number of carbonyl (C=O) groups is 1. The first-order valence-electron chi connectivity index (χ1n) is 15.0. The molecule has 1 saturated carbocycles. The van der Waals surface area contributed by atoms with Gasteiger partial charge in [-0.15, -0.1) is 11.3 Å². The third kappa shape index (κ3) is 5.80. The highest BCUT2D eigenvalue weighted by Crippen LogP contribution is 2.35. The normalized spacial score (nSPS) is 15.8. The Morgan fingerprint density at radius 3 is 2.66 bits per heavy atom. The molecule has 7 nitrogen and oxygen atoms in total. The van der Waals surface area contributed by atoms with E-state index in [-0.39, 0.29) is 11.8 Å². The Balaban J connectivity index is 1.25. The van der Waals surface area contributed by atoms with Gasteiger partial charge >= 0.3 is 0 Å². The number of aryl methyl sites for hydroxylation is 1. The molecule has 1 aromatic carbocycles. The minimum absolute atomic E-state index is 0.107. The number of pyridine rings is 1. The average molecular weight is 569 g/mol. The summed E-state index contributed by atoms with van der Waals surface area (Å²) in [6.07, 6.45) is 9.61. The number of amides is 1. The number of thiazole rings is 1. The molecule has 6 rings (SSSR count). The first-order chi connectivity index (χ1) is 19.9. The standard InChI is InChI=1S/C33H40N6OS/c1-21(2)31-26(28-17-34-39(23(28)4)18-24-9-6-5-7-10-24)13-14-30(36-31)38-16-15-25-11-8-12-27(29(25)19-38)32(40)37-33-35-22(3)20-41-33/h8,11-14,17,20-21,24H,5-7,9-10,15-16,18-19H2,1-4H3,(H,35,37,40). The van der Waals surface area contributed by atoms with E-state index in [1.807, 2.05) is 30.6 Å². The minimum Gasteiger partial charge on any atom is -0.352 e. The second-order valence-corrected chi connectivity index (χ2v) is 12.8. The maximum absolute atomic E-state index is 13.3. The van der Waals surface area contributed by atoms with Crippen molar-refractivity contribution in [2.45, 2.75) is 85.2 Å². The Kier molecular flexibility index (Phi) is 7.93. The van der Waals surface area contributed by atoms with E-state index in [1.165, 1.54) is 65.8 Å². The molecule has 1 aliphatic carbocycles. The van der Waals surface area contributed by atoms with E-state index in [1.54, 1.807) is 0 Å².